The monoisotopic (exact) mass is 279 g/mol. The van der Waals surface area contributed by atoms with Gasteiger partial charge < -0.3 is 15.8 Å². The number of rotatable bonds is 6. The smallest absolute Gasteiger partial charge is 0.158 e. The highest BCUT2D eigenvalue weighted by Gasteiger charge is 2.04. The van der Waals surface area contributed by atoms with Crippen molar-refractivity contribution in [2.75, 3.05) is 17.7 Å². The van der Waals surface area contributed by atoms with Crippen molar-refractivity contribution < 1.29 is 4.74 Å². The molecule has 2 aromatic heterocycles. The Hall–Kier alpha value is -1.73. The van der Waals surface area contributed by atoms with Gasteiger partial charge in [-0.25, -0.2) is 15.0 Å². The number of ether oxygens (including phenoxy) is 1. The van der Waals surface area contributed by atoms with Crippen molar-refractivity contribution in [3.63, 3.8) is 0 Å². The molecule has 7 heteroatoms. The molecule has 0 amide bonds. The van der Waals surface area contributed by atoms with Crippen molar-refractivity contribution in [2.24, 2.45) is 0 Å². The van der Waals surface area contributed by atoms with Crippen LogP contribution < -0.4 is 11.1 Å². The van der Waals surface area contributed by atoms with E-state index < -0.39 is 0 Å². The van der Waals surface area contributed by atoms with Gasteiger partial charge in [0.25, 0.3) is 0 Å². The van der Waals surface area contributed by atoms with E-state index in [1.165, 1.54) is 4.88 Å². The van der Waals surface area contributed by atoms with Gasteiger partial charge in [-0.3, -0.25) is 0 Å². The highest BCUT2D eigenvalue weighted by Crippen LogP contribution is 2.14. The van der Waals surface area contributed by atoms with E-state index in [9.17, 15) is 0 Å². The summed E-state index contributed by atoms with van der Waals surface area (Å²) in [7, 11) is 0. The highest BCUT2D eigenvalue weighted by atomic mass is 32.1. The number of aryl methyl sites for hydroxylation is 1. The summed E-state index contributed by atoms with van der Waals surface area (Å²) >= 11 is 1.66. The maximum absolute atomic E-state index is 5.74. The van der Waals surface area contributed by atoms with Crippen molar-refractivity contribution in [2.45, 2.75) is 27.0 Å². The van der Waals surface area contributed by atoms with Crippen LogP contribution in [-0.2, 0) is 17.9 Å². The second-order valence-electron chi connectivity index (χ2n) is 3.95. The Bertz CT molecular complexity index is 543. The molecule has 0 fully saturated rings. The van der Waals surface area contributed by atoms with Gasteiger partial charge in [0.15, 0.2) is 5.82 Å². The third kappa shape index (κ3) is 4.15. The van der Waals surface area contributed by atoms with Crippen molar-refractivity contribution in [3.05, 3.63) is 28.0 Å². The lowest BCUT2D eigenvalue weighted by atomic mass is 10.4. The lowest BCUT2D eigenvalue weighted by Gasteiger charge is -2.07. The fraction of sp³-hybridized carbons (Fsp3) is 0.417. The standard InChI is InChI=1S/C12H17N5OS/c1-3-18-7-11-16-9(13)4-10(17-11)14-6-12-15-5-8(2)19-12/h4-5H,3,6-7H2,1-2H3,(H3,13,14,16,17). The molecule has 0 saturated carbocycles. The average molecular weight is 279 g/mol. The molecule has 6 nitrogen and oxygen atoms in total. The Labute approximate surface area is 116 Å². The molecule has 3 N–H and O–H groups in total. The molecule has 102 valence electrons. The molecule has 0 spiro atoms. The SMILES string of the molecule is CCOCc1nc(N)cc(NCc2ncc(C)s2)n1. The van der Waals surface area contributed by atoms with Gasteiger partial charge in [0, 0.05) is 23.7 Å². The third-order valence-corrected chi connectivity index (χ3v) is 3.23. The van der Waals surface area contributed by atoms with E-state index in [4.69, 9.17) is 10.5 Å². The van der Waals surface area contributed by atoms with Gasteiger partial charge in [-0.05, 0) is 13.8 Å². The molecule has 0 aromatic carbocycles. The van der Waals surface area contributed by atoms with Crippen molar-refractivity contribution in [1.29, 1.82) is 0 Å². The number of nitrogen functional groups attached to an aromatic ring is 1. The number of anilines is 2. The molecule has 0 bridgehead atoms. The Morgan fingerprint density at radius 1 is 1.42 bits per heavy atom. The fourth-order valence-electron chi connectivity index (χ4n) is 1.52. The Morgan fingerprint density at radius 2 is 2.26 bits per heavy atom. The number of nitrogens with zero attached hydrogens (tertiary/aromatic N) is 3. The summed E-state index contributed by atoms with van der Waals surface area (Å²) in [6.45, 7) is 5.58. The van der Waals surface area contributed by atoms with Crippen molar-refractivity contribution in [1.82, 2.24) is 15.0 Å². The largest absolute Gasteiger partial charge is 0.384 e. The molecule has 0 radical (unpaired) electrons. The second kappa shape index (κ2) is 6.44. The van der Waals surface area contributed by atoms with Crippen molar-refractivity contribution in [3.8, 4) is 0 Å². The van der Waals surface area contributed by atoms with Gasteiger partial charge in [-0.1, -0.05) is 0 Å². The minimum atomic E-state index is 0.368. The van der Waals surface area contributed by atoms with E-state index >= 15 is 0 Å². The zero-order valence-electron chi connectivity index (χ0n) is 11.0. The summed E-state index contributed by atoms with van der Waals surface area (Å²) in [4.78, 5) is 13.9. The second-order valence-corrected chi connectivity index (χ2v) is 5.27. The first-order valence-electron chi connectivity index (χ1n) is 6.03. The van der Waals surface area contributed by atoms with Crippen LogP contribution in [0.1, 0.15) is 22.6 Å². The maximum Gasteiger partial charge on any atom is 0.158 e. The highest BCUT2D eigenvalue weighted by molar-refractivity contribution is 7.11. The number of hydrogen-bond acceptors (Lipinski definition) is 7. The molecular formula is C12H17N5OS. The average Bonchev–Trinajstić information content (AvgIpc) is 2.79. The summed E-state index contributed by atoms with van der Waals surface area (Å²) in [5.74, 6) is 1.71. The number of hydrogen-bond donors (Lipinski definition) is 2. The first-order valence-corrected chi connectivity index (χ1v) is 6.85. The Kier molecular flexibility index (Phi) is 4.64. The fourth-order valence-corrected chi connectivity index (χ4v) is 2.24. The molecular weight excluding hydrogens is 262 g/mol. The van der Waals surface area contributed by atoms with Crippen LogP contribution in [0.2, 0.25) is 0 Å². The number of nitrogens with two attached hydrogens (primary N) is 1. The number of aromatic nitrogens is 3. The van der Waals surface area contributed by atoms with Crippen LogP contribution in [-0.4, -0.2) is 21.6 Å². The lowest BCUT2D eigenvalue weighted by Crippen LogP contribution is -2.07. The molecule has 2 rings (SSSR count). The summed E-state index contributed by atoms with van der Waals surface area (Å²) in [5.41, 5.74) is 5.74. The van der Waals surface area contributed by atoms with E-state index in [1.54, 1.807) is 17.4 Å². The van der Waals surface area contributed by atoms with Gasteiger partial charge >= 0.3 is 0 Å². The van der Waals surface area contributed by atoms with Gasteiger partial charge in [-0.15, -0.1) is 11.3 Å². The maximum atomic E-state index is 5.74. The molecule has 2 aromatic rings. The van der Waals surface area contributed by atoms with Gasteiger partial charge in [-0.2, -0.15) is 0 Å². The predicted octanol–water partition coefficient (Wildman–Crippen LogP) is 1.97. The van der Waals surface area contributed by atoms with Crippen LogP contribution in [0, 0.1) is 6.92 Å². The van der Waals surface area contributed by atoms with Gasteiger partial charge in [0.1, 0.15) is 23.3 Å². The van der Waals surface area contributed by atoms with Crippen LogP contribution in [0.5, 0.6) is 0 Å². The topological polar surface area (TPSA) is 86.0 Å². The van der Waals surface area contributed by atoms with Crippen LogP contribution in [0.25, 0.3) is 0 Å². The summed E-state index contributed by atoms with van der Waals surface area (Å²) in [6, 6.07) is 1.70. The molecule has 0 aliphatic rings. The first-order chi connectivity index (χ1) is 9.17. The van der Waals surface area contributed by atoms with Crippen LogP contribution in [0.15, 0.2) is 12.3 Å². The summed E-state index contributed by atoms with van der Waals surface area (Å²) < 4.78 is 5.28. The van der Waals surface area contributed by atoms with Crippen molar-refractivity contribution >= 4 is 23.0 Å². The molecule has 0 atom stereocenters. The van der Waals surface area contributed by atoms with E-state index in [-0.39, 0.29) is 0 Å². The summed E-state index contributed by atoms with van der Waals surface area (Å²) in [5, 5.41) is 4.21. The summed E-state index contributed by atoms with van der Waals surface area (Å²) in [6.07, 6.45) is 1.86. The molecule has 0 unspecified atom stereocenters. The Balaban J connectivity index is 2.01. The first kappa shape index (κ1) is 13.7. The minimum absolute atomic E-state index is 0.368. The molecule has 0 aliphatic heterocycles. The molecule has 0 aliphatic carbocycles. The van der Waals surface area contributed by atoms with Crippen LogP contribution in [0.3, 0.4) is 0 Å². The van der Waals surface area contributed by atoms with E-state index in [0.29, 0.717) is 37.2 Å². The number of thiazole rings is 1. The van der Waals surface area contributed by atoms with Gasteiger partial charge in [0.2, 0.25) is 0 Å². The minimum Gasteiger partial charge on any atom is -0.384 e. The number of nitrogens with one attached hydrogen (secondary N) is 1. The quantitative estimate of drug-likeness (QED) is 0.841. The molecule has 0 saturated heterocycles. The third-order valence-electron chi connectivity index (χ3n) is 2.32. The van der Waals surface area contributed by atoms with E-state index in [2.05, 4.69) is 20.3 Å². The van der Waals surface area contributed by atoms with Crippen LogP contribution >= 0.6 is 11.3 Å². The molecule has 2 heterocycles. The predicted molar refractivity (Wildman–Crippen MR) is 76.0 cm³/mol. The zero-order valence-corrected chi connectivity index (χ0v) is 11.8. The normalized spacial score (nSPS) is 10.6. The van der Waals surface area contributed by atoms with Gasteiger partial charge in [0.05, 0.1) is 6.54 Å². The molecule has 19 heavy (non-hydrogen) atoms. The van der Waals surface area contributed by atoms with E-state index in [0.717, 1.165) is 5.01 Å². The van der Waals surface area contributed by atoms with Crippen LogP contribution in [0.4, 0.5) is 11.6 Å². The van der Waals surface area contributed by atoms with E-state index in [1.807, 2.05) is 20.0 Å². The zero-order chi connectivity index (χ0) is 13.7. The lowest BCUT2D eigenvalue weighted by molar-refractivity contribution is 0.128. The Morgan fingerprint density at radius 3 is 2.95 bits per heavy atom.